The van der Waals surface area contributed by atoms with Gasteiger partial charge in [0, 0.05) is 40.8 Å². The molecule has 0 bridgehead atoms. The minimum Gasteiger partial charge on any atom is -0.342 e. The molecule has 0 aliphatic carbocycles. The molecule has 0 aliphatic rings. The van der Waals surface area contributed by atoms with Crippen LogP contribution >= 0.6 is 11.3 Å². The van der Waals surface area contributed by atoms with Crippen LogP contribution in [-0.2, 0) is 13.1 Å². The van der Waals surface area contributed by atoms with Gasteiger partial charge in [0.05, 0.1) is 11.6 Å². The van der Waals surface area contributed by atoms with Crippen molar-refractivity contribution in [3.8, 4) is 0 Å². The Hall–Kier alpha value is -1.65. The summed E-state index contributed by atoms with van der Waals surface area (Å²) in [5.41, 5.74) is 2.66. The van der Waals surface area contributed by atoms with E-state index in [1.165, 1.54) is 21.3 Å². The van der Waals surface area contributed by atoms with Crippen molar-refractivity contribution >= 4 is 22.2 Å². The molecule has 0 amide bonds. The molecule has 1 N–H and O–H groups in total. The number of nitrogens with zero attached hydrogens (tertiary/aromatic N) is 2. The number of para-hydroxylation sites is 1. The summed E-state index contributed by atoms with van der Waals surface area (Å²) < 4.78 is 2.33. The van der Waals surface area contributed by atoms with E-state index in [4.69, 9.17) is 0 Å². The lowest BCUT2D eigenvalue weighted by Crippen LogP contribution is -2.21. The van der Waals surface area contributed by atoms with Crippen LogP contribution in [0, 0.1) is 6.92 Å². The molecule has 3 rings (SSSR count). The molecule has 0 saturated heterocycles. The average molecular weight is 299 g/mol. The van der Waals surface area contributed by atoms with Gasteiger partial charge in [-0.15, -0.1) is 11.3 Å². The molecule has 21 heavy (non-hydrogen) atoms. The van der Waals surface area contributed by atoms with Crippen molar-refractivity contribution < 1.29 is 0 Å². The summed E-state index contributed by atoms with van der Waals surface area (Å²) in [4.78, 5) is 5.65. The van der Waals surface area contributed by atoms with Crippen molar-refractivity contribution in [2.24, 2.45) is 0 Å². The van der Waals surface area contributed by atoms with E-state index in [1.807, 2.05) is 6.20 Å². The fraction of sp³-hybridized carbons (Fsp3) is 0.353. The molecule has 0 fully saturated rings. The Morgan fingerprint density at radius 2 is 2.10 bits per heavy atom. The van der Waals surface area contributed by atoms with Crippen molar-refractivity contribution in [3.63, 3.8) is 0 Å². The van der Waals surface area contributed by atoms with E-state index < -0.39 is 0 Å². The van der Waals surface area contributed by atoms with Crippen LogP contribution in [0.25, 0.3) is 10.9 Å². The van der Waals surface area contributed by atoms with E-state index in [9.17, 15) is 0 Å². The zero-order chi connectivity index (χ0) is 14.8. The number of thiazole rings is 1. The zero-order valence-electron chi connectivity index (χ0n) is 12.8. The molecule has 0 spiro atoms. The highest BCUT2D eigenvalue weighted by Crippen LogP contribution is 2.23. The molecule has 2 aromatic heterocycles. The predicted molar refractivity (Wildman–Crippen MR) is 89.9 cm³/mol. The van der Waals surface area contributed by atoms with Crippen LogP contribution in [0.4, 0.5) is 0 Å². The maximum Gasteiger partial charge on any atom is 0.0897 e. The highest BCUT2D eigenvalue weighted by Gasteiger charge is 2.09. The van der Waals surface area contributed by atoms with Crippen LogP contribution in [0.15, 0.2) is 36.7 Å². The molecular weight excluding hydrogens is 278 g/mol. The second kappa shape index (κ2) is 6.00. The molecule has 0 radical (unpaired) electrons. The van der Waals surface area contributed by atoms with E-state index >= 15 is 0 Å². The van der Waals surface area contributed by atoms with E-state index in [-0.39, 0.29) is 0 Å². The van der Waals surface area contributed by atoms with Gasteiger partial charge in [-0.2, -0.15) is 0 Å². The van der Waals surface area contributed by atoms with Crippen LogP contribution in [0.2, 0.25) is 0 Å². The van der Waals surface area contributed by atoms with E-state index in [0.717, 1.165) is 18.1 Å². The molecule has 1 aromatic carbocycles. The SMILES string of the molecule is Cc1ncc(Cn2cc(CNC(C)C)c3ccccc32)s1. The van der Waals surface area contributed by atoms with Gasteiger partial charge in [0.15, 0.2) is 0 Å². The van der Waals surface area contributed by atoms with Crippen LogP contribution in [0.5, 0.6) is 0 Å². The fourth-order valence-corrected chi connectivity index (χ4v) is 3.35. The van der Waals surface area contributed by atoms with Crippen LogP contribution in [0.1, 0.15) is 29.3 Å². The van der Waals surface area contributed by atoms with Crippen molar-refractivity contribution in [2.75, 3.05) is 0 Å². The number of fused-ring (bicyclic) bond motifs is 1. The Labute approximate surface area is 129 Å². The van der Waals surface area contributed by atoms with Crippen molar-refractivity contribution in [3.05, 3.63) is 52.1 Å². The molecular formula is C17H21N3S. The molecule has 4 heteroatoms. The van der Waals surface area contributed by atoms with Gasteiger partial charge in [-0.25, -0.2) is 4.98 Å². The van der Waals surface area contributed by atoms with Crippen LogP contribution in [-0.4, -0.2) is 15.6 Å². The summed E-state index contributed by atoms with van der Waals surface area (Å²) in [6.45, 7) is 8.22. The number of aromatic nitrogens is 2. The lowest BCUT2D eigenvalue weighted by molar-refractivity contribution is 0.589. The third-order valence-electron chi connectivity index (χ3n) is 3.57. The standard InChI is InChI=1S/C17H21N3S/c1-12(2)18-8-14-10-20(11-15-9-19-13(3)21-15)17-7-5-4-6-16(14)17/h4-7,9-10,12,18H,8,11H2,1-3H3. The van der Waals surface area contributed by atoms with Crippen LogP contribution < -0.4 is 5.32 Å². The minimum absolute atomic E-state index is 0.497. The third-order valence-corrected chi connectivity index (χ3v) is 4.46. The average Bonchev–Trinajstić information content (AvgIpc) is 3.02. The van der Waals surface area contributed by atoms with Crippen LogP contribution in [0.3, 0.4) is 0 Å². The molecule has 110 valence electrons. The predicted octanol–water partition coefficient (Wildman–Crippen LogP) is 3.95. The summed E-state index contributed by atoms with van der Waals surface area (Å²) in [6, 6.07) is 9.12. The number of rotatable bonds is 5. The Morgan fingerprint density at radius 1 is 1.29 bits per heavy atom. The summed E-state index contributed by atoms with van der Waals surface area (Å²) in [6.07, 6.45) is 4.26. The topological polar surface area (TPSA) is 29.9 Å². The van der Waals surface area contributed by atoms with Crippen molar-refractivity contribution in [1.29, 1.82) is 0 Å². The van der Waals surface area contributed by atoms with Crippen molar-refractivity contribution in [2.45, 2.75) is 39.9 Å². The quantitative estimate of drug-likeness (QED) is 0.773. The first-order chi connectivity index (χ1) is 10.1. The normalized spacial score (nSPS) is 11.6. The van der Waals surface area contributed by atoms with Gasteiger partial charge in [-0.1, -0.05) is 32.0 Å². The summed E-state index contributed by atoms with van der Waals surface area (Å²) >= 11 is 1.77. The first-order valence-electron chi connectivity index (χ1n) is 7.35. The Morgan fingerprint density at radius 3 is 2.81 bits per heavy atom. The van der Waals surface area contributed by atoms with E-state index in [0.29, 0.717) is 6.04 Å². The highest BCUT2D eigenvalue weighted by molar-refractivity contribution is 7.11. The number of benzene rings is 1. The second-order valence-corrected chi connectivity index (χ2v) is 7.00. The molecule has 0 atom stereocenters. The second-order valence-electron chi connectivity index (χ2n) is 5.68. The van der Waals surface area contributed by atoms with E-state index in [1.54, 1.807) is 11.3 Å². The monoisotopic (exact) mass is 299 g/mol. The van der Waals surface area contributed by atoms with E-state index in [2.05, 4.69) is 66.1 Å². The van der Waals surface area contributed by atoms with Gasteiger partial charge in [-0.3, -0.25) is 0 Å². The van der Waals surface area contributed by atoms with Crippen molar-refractivity contribution in [1.82, 2.24) is 14.9 Å². The number of nitrogens with one attached hydrogen (secondary N) is 1. The summed E-state index contributed by atoms with van der Waals surface area (Å²) in [5.74, 6) is 0. The first kappa shape index (κ1) is 14.3. The highest BCUT2D eigenvalue weighted by atomic mass is 32.1. The smallest absolute Gasteiger partial charge is 0.0897 e. The molecule has 3 aromatic rings. The van der Waals surface area contributed by atoms with Gasteiger partial charge >= 0.3 is 0 Å². The minimum atomic E-state index is 0.497. The Bertz CT molecular complexity index is 739. The lowest BCUT2D eigenvalue weighted by Gasteiger charge is -2.06. The summed E-state index contributed by atoms with van der Waals surface area (Å²) in [5, 5.41) is 5.98. The molecule has 0 aliphatic heterocycles. The van der Waals surface area contributed by atoms with Gasteiger partial charge in [-0.05, 0) is 18.6 Å². The van der Waals surface area contributed by atoms with Gasteiger partial charge < -0.3 is 9.88 Å². The molecule has 3 nitrogen and oxygen atoms in total. The maximum absolute atomic E-state index is 4.35. The molecule has 2 heterocycles. The van der Waals surface area contributed by atoms with Gasteiger partial charge in [0.1, 0.15) is 0 Å². The lowest BCUT2D eigenvalue weighted by atomic mass is 10.2. The number of aryl methyl sites for hydroxylation is 1. The Balaban J connectivity index is 1.94. The summed E-state index contributed by atoms with van der Waals surface area (Å²) in [7, 11) is 0. The zero-order valence-corrected chi connectivity index (χ0v) is 13.6. The largest absolute Gasteiger partial charge is 0.342 e. The van der Waals surface area contributed by atoms with Gasteiger partial charge in [0.2, 0.25) is 0 Å². The number of hydrogen-bond acceptors (Lipinski definition) is 3. The molecule has 0 unspecified atom stereocenters. The maximum atomic E-state index is 4.35. The Kier molecular flexibility index (Phi) is 4.08. The number of hydrogen-bond donors (Lipinski definition) is 1. The fourth-order valence-electron chi connectivity index (χ4n) is 2.55. The third kappa shape index (κ3) is 3.17. The van der Waals surface area contributed by atoms with Gasteiger partial charge in [0.25, 0.3) is 0 Å². The first-order valence-corrected chi connectivity index (χ1v) is 8.16. The molecule has 0 saturated carbocycles.